The zero-order valence-corrected chi connectivity index (χ0v) is 18.4. The number of hydrogen-bond acceptors (Lipinski definition) is 6. The summed E-state index contributed by atoms with van der Waals surface area (Å²) in [5.41, 5.74) is -0.590. The van der Waals surface area contributed by atoms with Gasteiger partial charge in [0.15, 0.2) is 9.84 Å². The van der Waals surface area contributed by atoms with Gasteiger partial charge in [-0.2, -0.15) is 0 Å². The van der Waals surface area contributed by atoms with E-state index in [-0.39, 0.29) is 23.5 Å². The van der Waals surface area contributed by atoms with Gasteiger partial charge in [0, 0.05) is 6.54 Å². The summed E-state index contributed by atoms with van der Waals surface area (Å²) in [5, 5.41) is -0.307. The molecule has 0 bridgehead atoms. The zero-order valence-electron chi connectivity index (χ0n) is 17.6. The lowest BCUT2D eigenvalue weighted by atomic mass is 9.98. The lowest BCUT2D eigenvalue weighted by Crippen LogP contribution is -2.51. The number of nitrogens with zero attached hydrogens (tertiary/aromatic N) is 1. The molecule has 1 aliphatic heterocycles. The molecule has 0 aromatic rings. The van der Waals surface area contributed by atoms with Gasteiger partial charge in [0.1, 0.15) is 11.7 Å². The summed E-state index contributed by atoms with van der Waals surface area (Å²) in [6.45, 7) is 7.78. The van der Waals surface area contributed by atoms with Crippen molar-refractivity contribution in [2.24, 2.45) is 0 Å². The van der Waals surface area contributed by atoms with Gasteiger partial charge < -0.3 is 14.4 Å². The molecule has 1 saturated heterocycles. The van der Waals surface area contributed by atoms with E-state index < -0.39 is 33.6 Å². The van der Waals surface area contributed by atoms with Crippen molar-refractivity contribution < 1.29 is 27.5 Å². The van der Waals surface area contributed by atoms with Crippen molar-refractivity contribution in [2.75, 3.05) is 12.3 Å². The summed E-state index contributed by atoms with van der Waals surface area (Å²) in [5.74, 6) is -0.687. The second kappa shape index (κ2) is 9.46. The summed E-state index contributed by atoms with van der Waals surface area (Å²) in [6.07, 6.45) is 4.79. The molecule has 28 heavy (non-hydrogen) atoms. The molecule has 0 unspecified atom stereocenters. The third kappa shape index (κ3) is 6.64. The summed E-state index contributed by atoms with van der Waals surface area (Å²) in [4.78, 5) is 26.4. The number of amides is 1. The van der Waals surface area contributed by atoms with Crippen LogP contribution in [-0.2, 0) is 24.1 Å². The van der Waals surface area contributed by atoms with Gasteiger partial charge in [-0.3, -0.25) is 4.79 Å². The van der Waals surface area contributed by atoms with Crippen molar-refractivity contribution in [2.45, 2.75) is 102 Å². The Hall–Kier alpha value is -1.31. The minimum Gasteiger partial charge on any atom is -0.460 e. The van der Waals surface area contributed by atoms with Gasteiger partial charge >= 0.3 is 12.1 Å². The molecule has 2 atom stereocenters. The lowest BCUT2D eigenvalue weighted by molar-refractivity contribution is -0.151. The normalized spacial score (nSPS) is 22.7. The van der Waals surface area contributed by atoms with E-state index in [1.807, 2.05) is 20.8 Å². The maximum absolute atomic E-state index is 12.5. The molecule has 1 aliphatic carbocycles. The Labute approximate surface area is 169 Å². The van der Waals surface area contributed by atoms with E-state index in [1.165, 1.54) is 0 Å². The van der Waals surface area contributed by atoms with Crippen molar-refractivity contribution >= 4 is 21.9 Å². The molecule has 1 heterocycles. The molecule has 7 nitrogen and oxygen atoms in total. The Kier molecular flexibility index (Phi) is 7.76. The summed E-state index contributed by atoms with van der Waals surface area (Å²) in [6, 6.07) is -0.251. The predicted molar refractivity (Wildman–Crippen MR) is 107 cm³/mol. The van der Waals surface area contributed by atoms with Crippen molar-refractivity contribution in [3.8, 4) is 0 Å². The maximum atomic E-state index is 12.5. The largest absolute Gasteiger partial charge is 0.460 e. The second-order valence-electron chi connectivity index (χ2n) is 8.96. The van der Waals surface area contributed by atoms with Crippen LogP contribution in [0, 0.1) is 0 Å². The van der Waals surface area contributed by atoms with Crippen molar-refractivity contribution in [1.29, 1.82) is 0 Å². The van der Waals surface area contributed by atoms with Crippen LogP contribution in [0.25, 0.3) is 0 Å². The maximum Gasteiger partial charge on any atom is 0.410 e. The molecule has 2 fully saturated rings. The van der Waals surface area contributed by atoms with Gasteiger partial charge in [-0.25, -0.2) is 13.2 Å². The van der Waals surface area contributed by atoms with Crippen molar-refractivity contribution in [3.63, 3.8) is 0 Å². The first-order valence-electron chi connectivity index (χ1n) is 10.4. The van der Waals surface area contributed by atoms with E-state index in [0.29, 0.717) is 19.4 Å². The fourth-order valence-corrected chi connectivity index (χ4v) is 5.81. The molecule has 1 saturated carbocycles. The number of piperidine rings is 1. The van der Waals surface area contributed by atoms with Crippen LogP contribution in [0.15, 0.2) is 0 Å². The topological polar surface area (TPSA) is 90.0 Å². The monoisotopic (exact) mass is 417 g/mol. The van der Waals surface area contributed by atoms with Gasteiger partial charge in [0.25, 0.3) is 0 Å². The minimum atomic E-state index is -3.25. The van der Waals surface area contributed by atoms with Crippen LogP contribution in [0.5, 0.6) is 0 Å². The van der Waals surface area contributed by atoms with Crippen LogP contribution < -0.4 is 0 Å². The average molecular weight is 418 g/mol. The Balaban J connectivity index is 1.89. The highest BCUT2D eigenvalue weighted by Gasteiger charge is 2.35. The Bertz CT molecular complexity index is 648. The highest BCUT2D eigenvalue weighted by molar-refractivity contribution is 7.92. The quantitative estimate of drug-likeness (QED) is 0.615. The molecule has 162 valence electrons. The van der Waals surface area contributed by atoms with Crippen LogP contribution >= 0.6 is 0 Å². The number of carbonyl (C=O) groups excluding carboxylic acids is 2. The molecule has 8 heteroatoms. The summed E-state index contributed by atoms with van der Waals surface area (Å²) in [7, 11) is -3.25. The van der Waals surface area contributed by atoms with E-state index in [2.05, 4.69) is 0 Å². The first kappa shape index (κ1) is 23.0. The van der Waals surface area contributed by atoms with E-state index in [1.54, 1.807) is 11.8 Å². The van der Waals surface area contributed by atoms with E-state index in [0.717, 1.165) is 32.1 Å². The van der Waals surface area contributed by atoms with Crippen LogP contribution in [0.4, 0.5) is 4.79 Å². The first-order chi connectivity index (χ1) is 13.0. The van der Waals surface area contributed by atoms with Crippen LogP contribution in [0.3, 0.4) is 0 Å². The standard InChI is InChI=1S/C20H35NO6S/c1-15(17-11-7-8-13-21(17)19(23)27-20(2,3)4)26-18(22)12-14-28(24,25)16-9-5-6-10-16/h15-17H,5-14H2,1-4H3/t15-,17+/m1/s1. The predicted octanol–water partition coefficient (Wildman–Crippen LogP) is 3.46. The Morgan fingerprint density at radius 2 is 1.68 bits per heavy atom. The van der Waals surface area contributed by atoms with E-state index >= 15 is 0 Å². The molecule has 2 aliphatic rings. The number of sulfone groups is 1. The number of likely N-dealkylation sites (tertiary alicyclic amines) is 1. The molecule has 1 amide bonds. The smallest absolute Gasteiger partial charge is 0.410 e. The van der Waals surface area contributed by atoms with Gasteiger partial charge in [-0.1, -0.05) is 12.8 Å². The average Bonchev–Trinajstić information content (AvgIpc) is 3.14. The van der Waals surface area contributed by atoms with Gasteiger partial charge in [0.2, 0.25) is 0 Å². The lowest BCUT2D eigenvalue weighted by Gasteiger charge is -2.39. The number of ether oxygens (including phenoxy) is 2. The molecule has 0 aromatic carbocycles. The summed E-state index contributed by atoms with van der Waals surface area (Å²) < 4.78 is 35.6. The van der Waals surface area contributed by atoms with Crippen molar-refractivity contribution in [1.82, 2.24) is 4.90 Å². The molecule has 0 N–H and O–H groups in total. The number of esters is 1. The molecular weight excluding hydrogens is 382 g/mol. The van der Waals surface area contributed by atoms with E-state index in [9.17, 15) is 18.0 Å². The van der Waals surface area contributed by atoms with Gasteiger partial charge in [-0.15, -0.1) is 0 Å². The molecule has 0 radical (unpaired) electrons. The SMILES string of the molecule is C[C@@H](OC(=O)CCS(=O)(=O)C1CCCC1)[C@@H]1CCCCN1C(=O)OC(C)(C)C. The number of hydrogen-bond donors (Lipinski definition) is 0. The fraction of sp³-hybridized carbons (Fsp3) is 0.900. The molecule has 2 rings (SSSR count). The van der Waals surface area contributed by atoms with Gasteiger partial charge in [0.05, 0.1) is 23.5 Å². The van der Waals surface area contributed by atoms with Crippen LogP contribution in [-0.4, -0.2) is 60.7 Å². The summed E-state index contributed by atoms with van der Waals surface area (Å²) >= 11 is 0. The van der Waals surface area contributed by atoms with Crippen LogP contribution in [0.1, 0.15) is 79.1 Å². The molecular formula is C20H35NO6S. The molecule has 0 aromatic heterocycles. The Morgan fingerprint density at radius 1 is 1.07 bits per heavy atom. The van der Waals surface area contributed by atoms with Crippen LogP contribution in [0.2, 0.25) is 0 Å². The second-order valence-corrected chi connectivity index (χ2v) is 11.4. The number of carbonyl (C=O) groups is 2. The minimum absolute atomic E-state index is 0.137. The number of rotatable bonds is 6. The van der Waals surface area contributed by atoms with Gasteiger partial charge in [-0.05, 0) is 59.8 Å². The van der Waals surface area contributed by atoms with Crippen molar-refractivity contribution in [3.05, 3.63) is 0 Å². The third-order valence-electron chi connectivity index (χ3n) is 5.44. The molecule has 0 spiro atoms. The fourth-order valence-electron chi connectivity index (χ4n) is 3.98. The third-order valence-corrected chi connectivity index (χ3v) is 7.70. The highest BCUT2D eigenvalue weighted by Crippen LogP contribution is 2.26. The zero-order chi connectivity index (χ0) is 20.9. The first-order valence-corrected chi connectivity index (χ1v) is 12.1. The van der Waals surface area contributed by atoms with E-state index in [4.69, 9.17) is 9.47 Å². The Morgan fingerprint density at radius 3 is 2.29 bits per heavy atom. The highest BCUT2D eigenvalue weighted by atomic mass is 32.2.